The second kappa shape index (κ2) is 6.21. The van der Waals surface area contributed by atoms with Crippen molar-refractivity contribution in [1.29, 1.82) is 0 Å². The third-order valence-electron chi connectivity index (χ3n) is 2.74. The summed E-state index contributed by atoms with van der Waals surface area (Å²) in [5.74, 6) is -0.0479. The molecule has 17 heavy (non-hydrogen) atoms. The van der Waals surface area contributed by atoms with E-state index in [1.807, 2.05) is 31.3 Å². The topological polar surface area (TPSA) is 41.1 Å². The van der Waals surface area contributed by atoms with Gasteiger partial charge in [0, 0.05) is 18.7 Å². The molecule has 0 aliphatic heterocycles. The van der Waals surface area contributed by atoms with Crippen LogP contribution in [-0.2, 0) is 4.79 Å². The van der Waals surface area contributed by atoms with Crippen LogP contribution in [0.2, 0.25) is 0 Å². The normalized spacial score (nSPS) is 13.3. The molecule has 0 bridgehead atoms. The van der Waals surface area contributed by atoms with E-state index in [9.17, 15) is 4.79 Å². The van der Waals surface area contributed by atoms with Crippen molar-refractivity contribution < 1.29 is 4.79 Å². The fourth-order valence-electron chi connectivity index (χ4n) is 1.48. The fourth-order valence-corrected chi connectivity index (χ4v) is 1.48. The van der Waals surface area contributed by atoms with E-state index in [4.69, 9.17) is 0 Å². The number of hydrogen-bond acceptors (Lipinski definition) is 2. The molecule has 92 valence electrons. The maximum atomic E-state index is 10.9. The fraction of sp³-hybridized carbons (Fsp3) is 0.357. The van der Waals surface area contributed by atoms with Gasteiger partial charge in [-0.1, -0.05) is 23.8 Å². The summed E-state index contributed by atoms with van der Waals surface area (Å²) in [5, 5.41) is 5.94. The lowest BCUT2D eigenvalue weighted by molar-refractivity contribution is -0.114. The summed E-state index contributed by atoms with van der Waals surface area (Å²) >= 11 is 0. The van der Waals surface area contributed by atoms with Gasteiger partial charge in [0.1, 0.15) is 0 Å². The molecular formula is C14H20N2O. The van der Waals surface area contributed by atoms with Gasteiger partial charge in [-0.3, -0.25) is 4.79 Å². The predicted molar refractivity (Wildman–Crippen MR) is 72.9 cm³/mol. The van der Waals surface area contributed by atoms with E-state index in [0.717, 1.165) is 11.3 Å². The van der Waals surface area contributed by atoms with Crippen molar-refractivity contribution in [2.24, 2.45) is 0 Å². The van der Waals surface area contributed by atoms with Crippen LogP contribution >= 0.6 is 0 Å². The Morgan fingerprint density at radius 3 is 2.29 bits per heavy atom. The van der Waals surface area contributed by atoms with Crippen LogP contribution in [0.4, 0.5) is 5.69 Å². The molecule has 1 atom stereocenters. The molecule has 0 spiro atoms. The summed E-state index contributed by atoms with van der Waals surface area (Å²) in [7, 11) is 1.95. The monoisotopic (exact) mass is 232 g/mol. The summed E-state index contributed by atoms with van der Waals surface area (Å²) in [6.45, 7) is 5.73. The van der Waals surface area contributed by atoms with E-state index in [0.29, 0.717) is 6.04 Å². The number of carbonyl (C=O) groups is 1. The van der Waals surface area contributed by atoms with Gasteiger partial charge < -0.3 is 10.6 Å². The van der Waals surface area contributed by atoms with Crippen LogP contribution in [0.1, 0.15) is 26.3 Å². The highest BCUT2D eigenvalue weighted by Crippen LogP contribution is 2.13. The average Bonchev–Trinajstić information content (AvgIpc) is 2.30. The average molecular weight is 232 g/mol. The van der Waals surface area contributed by atoms with Gasteiger partial charge in [-0.2, -0.15) is 0 Å². The van der Waals surface area contributed by atoms with Gasteiger partial charge in [0.2, 0.25) is 5.91 Å². The van der Waals surface area contributed by atoms with Crippen LogP contribution in [0.3, 0.4) is 0 Å². The van der Waals surface area contributed by atoms with Crippen LogP contribution in [-0.4, -0.2) is 19.0 Å². The Bertz CT molecular complexity index is 407. The van der Waals surface area contributed by atoms with E-state index in [2.05, 4.69) is 30.6 Å². The number of carbonyl (C=O) groups excluding carboxylic acids is 1. The molecule has 1 aromatic carbocycles. The molecule has 0 aliphatic carbocycles. The van der Waals surface area contributed by atoms with Crippen LogP contribution in [0.15, 0.2) is 29.8 Å². The molecule has 0 aliphatic rings. The predicted octanol–water partition coefficient (Wildman–Crippen LogP) is 2.66. The number of benzene rings is 1. The molecule has 1 aromatic rings. The largest absolute Gasteiger partial charge is 0.326 e. The van der Waals surface area contributed by atoms with E-state index < -0.39 is 0 Å². The van der Waals surface area contributed by atoms with Crippen LogP contribution < -0.4 is 10.6 Å². The molecule has 0 saturated carbocycles. The Morgan fingerprint density at radius 1 is 1.24 bits per heavy atom. The van der Waals surface area contributed by atoms with Gasteiger partial charge in [0.15, 0.2) is 0 Å². The molecule has 1 rings (SSSR count). The summed E-state index contributed by atoms with van der Waals surface area (Å²) in [6.07, 6.45) is 2.14. The van der Waals surface area contributed by atoms with Gasteiger partial charge >= 0.3 is 0 Å². The van der Waals surface area contributed by atoms with Gasteiger partial charge in [-0.05, 0) is 38.6 Å². The first kappa shape index (κ1) is 13.5. The van der Waals surface area contributed by atoms with Crippen molar-refractivity contribution in [3.05, 3.63) is 35.4 Å². The van der Waals surface area contributed by atoms with Crippen molar-refractivity contribution in [2.45, 2.75) is 26.8 Å². The minimum Gasteiger partial charge on any atom is -0.326 e. The Labute approximate surface area is 103 Å². The first-order valence-corrected chi connectivity index (χ1v) is 5.76. The van der Waals surface area contributed by atoms with E-state index in [1.54, 1.807) is 0 Å². The minimum atomic E-state index is -0.0479. The molecule has 0 radical (unpaired) electrons. The smallest absolute Gasteiger partial charge is 0.221 e. The molecule has 1 unspecified atom stereocenters. The van der Waals surface area contributed by atoms with Gasteiger partial charge in [-0.25, -0.2) is 0 Å². The first-order valence-electron chi connectivity index (χ1n) is 5.76. The Balaban J connectivity index is 2.77. The third kappa shape index (κ3) is 4.41. The zero-order valence-electron chi connectivity index (χ0n) is 10.9. The summed E-state index contributed by atoms with van der Waals surface area (Å²) < 4.78 is 0. The molecule has 3 nitrogen and oxygen atoms in total. The van der Waals surface area contributed by atoms with Gasteiger partial charge in [0.25, 0.3) is 0 Å². The second-order valence-electron chi connectivity index (χ2n) is 4.20. The highest BCUT2D eigenvalue weighted by molar-refractivity contribution is 5.88. The standard InChI is InChI=1S/C14H20N2O/c1-10(11(2)15-4)9-13-5-7-14(8-6-13)16-12(3)17/h5-9,11,15H,1-4H3,(H,16,17)/b10-9+. The SMILES string of the molecule is CNC(C)/C(C)=C/c1ccc(NC(C)=O)cc1. The molecule has 2 N–H and O–H groups in total. The van der Waals surface area contributed by atoms with Crippen molar-refractivity contribution in [3.8, 4) is 0 Å². The number of nitrogens with one attached hydrogen (secondary N) is 2. The van der Waals surface area contributed by atoms with Gasteiger partial charge in [0.05, 0.1) is 0 Å². The first-order chi connectivity index (χ1) is 8.02. The Kier molecular flexibility index (Phi) is 4.91. The van der Waals surface area contributed by atoms with Crippen molar-refractivity contribution in [1.82, 2.24) is 5.32 Å². The summed E-state index contributed by atoms with van der Waals surface area (Å²) in [4.78, 5) is 10.9. The summed E-state index contributed by atoms with van der Waals surface area (Å²) in [6, 6.07) is 8.17. The highest BCUT2D eigenvalue weighted by atomic mass is 16.1. The van der Waals surface area contributed by atoms with Crippen molar-refractivity contribution in [2.75, 3.05) is 12.4 Å². The lowest BCUT2D eigenvalue weighted by atomic mass is 10.1. The number of rotatable bonds is 4. The van der Waals surface area contributed by atoms with E-state index in [1.165, 1.54) is 12.5 Å². The maximum absolute atomic E-state index is 10.9. The quantitative estimate of drug-likeness (QED) is 0.838. The Morgan fingerprint density at radius 2 is 1.82 bits per heavy atom. The van der Waals surface area contributed by atoms with Crippen molar-refractivity contribution in [3.63, 3.8) is 0 Å². The number of amides is 1. The van der Waals surface area contributed by atoms with E-state index >= 15 is 0 Å². The molecule has 0 saturated heterocycles. The Hall–Kier alpha value is -1.61. The second-order valence-corrected chi connectivity index (χ2v) is 4.20. The van der Waals surface area contributed by atoms with Gasteiger partial charge in [-0.15, -0.1) is 0 Å². The molecule has 3 heteroatoms. The molecule has 0 aromatic heterocycles. The summed E-state index contributed by atoms with van der Waals surface area (Å²) in [5.41, 5.74) is 3.24. The molecule has 0 heterocycles. The van der Waals surface area contributed by atoms with Crippen LogP contribution in [0, 0.1) is 0 Å². The number of anilines is 1. The van der Waals surface area contributed by atoms with Crippen LogP contribution in [0.25, 0.3) is 6.08 Å². The lowest BCUT2D eigenvalue weighted by Crippen LogP contribution is -2.21. The lowest BCUT2D eigenvalue weighted by Gasteiger charge is -2.10. The van der Waals surface area contributed by atoms with Crippen molar-refractivity contribution >= 4 is 17.7 Å². The number of likely N-dealkylation sites (N-methyl/N-ethyl adjacent to an activating group) is 1. The molecule has 0 fully saturated rings. The number of hydrogen-bond donors (Lipinski definition) is 2. The zero-order valence-corrected chi connectivity index (χ0v) is 10.9. The molecular weight excluding hydrogens is 212 g/mol. The third-order valence-corrected chi connectivity index (χ3v) is 2.74. The minimum absolute atomic E-state index is 0.0479. The van der Waals surface area contributed by atoms with E-state index in [-0.39, 0.29) is 5.91 Å². The maximum Gasteiger partial charge on any atom is 0.221 e. The molecule has 1 amide bonds. The zero-order chi connectivity index (χ0) is 12.8. The highest BCUT2D eigenvalue weighted by Gasteiger charge is 2.00. The van der Waals surface area contributed by atoms with Crippen LogP contribution in [0.5, 0.6) is 0 Å².